The minimum atomic E-state index is -0.464. The highest BCUT2D eigenvalue weighted by Gasteiger charge is 2.36. The topological polar surface area (TPSA) is 29.5 Å². The molecule has 0 unspecified atom stereocenters. The van der Waals surface area contributed by atoms with E-state index in [1.807, 2.05) is 6.92 Å². The molecule has 0 aromatic rings. The summed E-state index contributed by atoms with van der Waals surface area (Å²) in [5.41, 5.74) is 0. The molecule has 2 heteroatoms. The van der Waals surface area contributed by atoms with Gasteiger partial charge in [-0.2, -0.15) is 0 Å². The Bertz CT molecular complexity index is 175. The van der Waals surface area contributed by atoms with E-state index in [-0.39, 0.29) is 12.0 Å². The lowest BCUT2D eigenvalue weighted by Gasteiger charge is -2.16. The van der Waals surface area contributed by atoms with Crippen LogP contribution in [0.15, 0.2) is 12.3 Å². The van der Waals surface area contributed by atoms with E-state index in [1.54, 1.807) is 0 Å². The predicted molar refractivity (Wildman–Crippen MR) is 48.6 cm³/mol. The minimum absolute atomic E-state index is 0.160. The maximum atomic E-state index is 9.52. The van der Waals surface area contributed by atoms with Crippen LogP contribution in [-0.4, -0.2) is 17.3 Å². The Morgan fingerprint density at radius 3 is 2.50 bits per heavy atom. The summed E-state index contributed by atoms with van der Waals surface area (Å²) in [5.74, 6) is 1.34. The van der Waals surface area contributed by atoms with Crippen molar-refractivity contribution in [2.24, 2.45) is 11.8 Å². The van der Waals surface area contributed by atoms with Crippen molar-refractivity contribution in [3.8, 4) is 0 Å². The van der Waals surface area contributed by atoms with Gasteiger partial charge in [-0.05, 0) is 12.3 Å². The number of hydrogen-bond donors (Lipinski definition) is 1. The molecule has 12 heavy (non-hydrogen) atoms. The van der Waals surface area contributed by atoms with Crippen molar-refractivity contribution in [3.63, 3.8) is 0 Å². The van der Waals surface area contributed by atoms with Gasteiger partial charge in [-0.15, -0.1) is 0 Å². The van der Waals surface area contributed by atoms with Gasteiger partial charge in [0.2, 0.25) is 0 Å². The smallest absolute Gasteiger partial charge is 0.118 e. The first-order valence-electron chi connectivity index (χ1n) is 4.56. The zero-order valence-electron chi connectivity index (χ0n) is 8.08. The molecule has 0 radical (unpaired) electrons. The maximum absolute atomic E-state index is 9.52. The summed E-state index contributed by atoms with van der Waals surface area (Å²) in [7, 11) is 0. The molecule has 1 aliphatic rings. The average molecular weight is 170 g/mol. The van der Waals surface area contributed by atoms with Gasteiger partial charge < -0.3 is 9.84 Å². The Balaban J connectivity index is 2.53. The average Bonchev–Trinajstić information content (AvgIpc) is 2.17. The van der Waals surface area contributed by atoms with E-state index in [4.69, 9.17) is 4.74 Å². The fourth-order valence-electron chi connectivity index (χ4n) is 1.60. The molecule has 0 saturated carbocycles. The first kappa shape index (κ1) is 9.59. The van der Waals surface area contributed by atoms with Crippen molar-refractivity contribution < 1.29 is 9.84 Å². The highest BCUT2D eigenvalue weighted by molar-refractivity contribution is 5.03. The molecule has 1 aliphatic heterocycles. The molecular weight excluding hydrogens is 152 g/mol. The number of rotatable bonds is 2. The van der Waals surface area contributed by atoms with Gasteiger partial charge in [-0.25, -0.2) is 0 Å². The van der Waals surface area contributed by atoms with Crippen LogP contribution in [0.3, 0.4) is 0 Å². The first-order chi connectivity index (χ1) is 5.52. The van der Waals surface area contributed by atoms with Gasteiger partial charge in [0.05, 0.1) is 0 Å². The summed E-state index contributed by atoms with van der Waals surface area (Å²) in [6.07, 6.45) is 0.693. The Hall–Kier alpha value is -0.500. The van der Waals surface area contributed by atoms with E-state index < -0.39 is 6.10 Å². The van der Waals surface area contributed by atoms with Crippen LogP contribution in [0.5, 0.6) is 0 Å². The number of aliphatic hydroxyl groups excluding tert-OH is 1. The zero-order chi connectivity index (χ0) is 9.30. The van der Waals surface area contributed by atoms with Gasteiger partial charge in [0.15, 0.2) is 0 Å². The molecule has 1 N–H and O–H groups in total. The van der Waals surface area contributed by atoms with Crippen molar-refractivity contribution in [2.75, 3.05) is 0 Å². The van der Waals surface area contributed by atoms with Crippen molar-refractivity contribution in [3.05, 3.63) is 12.3 Å². The van der Waals surface area contributed by atoms with Gasteiger partial charge in [0.25, 0.3) is 0 Å². The first-order valence-corrected chi connectivity index (χ1v) is 4.56. The van der Waals surface area contributed by atoms with E-state index in [9.17, 15) is 5.11 Å². The quantitative estimate of drug-likeness (QED) is 0.686. The van der Waals surface area contributed by atoms with Crippen molar-refractivity contribution in [2.45, 2.75) is 39.4 Å². The molecule has 1 saturated heterocycles. The van der Waals surface area contributed by atoms with Crippen LogP contribution in [0.1, 0.15) is 27.2 Å². The van der Waals surface area contributed by atoms with E-state index in [0.29, 0.717) is 11.7 Å². The molecule has 0 bridgehead atoms. The van der Waals surface area contributed by atoms with Gasteiger partial charge >= 0.3 is 0 Å². The summed E-state index contributed by atoms with van der Waals surface area (Å²) in [6, 6.07) is 0. The molecule has 0 aliphatic carbocycles. The van der Waals surface area contributed by atoms with E-state index in [0.717, 1.165) is 6.42 Å². The molecule has 1 rings (SSSR count). The summed E-state index contributed by atoms with van der Waals surface area (Å²) in [4.78, 5) is 0. The van der Waals surface area contributed by atoms with Crippen LogP contribution in [0.25, 0.3) is 0 Å². The molecule has 1 fully saturated rings. The second-order valence-electron chi connectivity index (χ2n) is 4.06. The maximum Gasteiger partial charge on any atom is 0.118 e. The van der Waals surface area contributed by atoms with Crippen molar-refractivity contribution >= 4 is 0 Å². The largest absolute Gasteiger partial charge is 0.492 e. The van der Waals surface area contributed by atoms with Gasteiger partial charge in [0, 0.05) is 5.92 Å². The summed E-state index contributed by atoms with van der Waals surface area (Å²) >= 11 is 0. The Morgan fingerprint density at radius 2 is 2.17 bits per heavy atom. The SMILES string of the molecule is C=C1O[C@H](CC(C)C)[C@@H](C)[C@H]1O. The minimum Gasteiger partial charge on any atom is -0.492 e. The molecule has 2 nitrogen and oxygen atoms in total. The summed E-state index contributed by atoms with van der Waals surface area (Å²) in [6.45, 7) is 9.99. The Morgan fingerprint density at radius 1 is 1.58 bits per heavy atom. The van der Waals surface area contributed by atoms with E-state index in [1.165, 1.54) is 0 Å². The second kappa shape index (κ2) is 3.48. The fourth-order valence-corrected chi connectivity index (χ4v) is 1.60. The van der Waals surface area contributed by atoms with E-state index >= 15 is 0 Å². The normalized spacial score (nSPS) is 35.8. The molecule has 0 spiro atoms. The lowest BCUT2D eigenvalue weighted by atomic mass is 9.94. The van der Waals surface area contributed by atoms with Crippen LogP contribution in [-0.2, 0) is 4.74 Å². The molecule has 1 heterocycles. The highest BCUT2D eigenvalue weighted by atomic mass is 16.5. The number of ether oxygens (including phenoxy) is 1. The van der Waals surface area contributed by atoms with Crippen molar-refractivity contribution in [1.82, 2.24) is 0 Å². The summed E-state index contributed by atoms with van der Waals surface area (Å²) < 4.78 is 5.45. The Kier molecular flexibility index (Phi) is 2.78. The third kappa shape index (κ3) is 1.81. The monoisotopic (exact) mass is 170 g/mol. The second-order valence-corrected chi connectivity index (χ2v) is 4.06. The van der Waals surface area contributed by atoms with Crippen molar-refractivity contribution in [1.29, 1.82) is 0 Å². The summed E-state index contributed by atoms with van der Waals surface area (Å²) in [5, 5.41) is 9.52. The molecule has 0 aromatic heterocycles. The van der Waals surface area contributed by atoms with Crippen LogP contribution in [0.2, 0.25) is 0 Å². The number of aliphatic hydroxyl groups is 1. The van der Waals surface area contributed by atoms with Crippen LogP contribution in [0.4, 0.5) is 0 Å². The lowest BCUT2D eigenvalue weighted by Crippen LogP contribution is -2.21. The molecular formula is C10H18O2. The van der Waals surface area contributed by atoms with E-state index in [2.05, 4.69) is 20.4 Å². The standard InChI is InChI=1S/C10H18O2/c1-6(2)5-9-7(3)10(11)8(4)12-9/h6-7,9-11H,4-5H2,1-3H3/t7-,9-,10-/m1/s1. The van der Waals surface area contributed by atoms with Crippen LogP contribution in [0, 0.1) is 11.8 Å². The Labute approximate surface area is 74.2 Å². The number of hydrogen-bond acceptors (Lipinski definition) is 2. The molecule has 0 amide bonds. The highest BCUT2D eigenvalue weighted by Crippen LogP contribution is 2.31. The van der Waals surface area contributed by atoms with Gasteiger partial charge in [-0.3, -0.25) is 0 Å². The fraction of sp³-hybridized carbons (Fsp3) is 0.800. The molecule has 70 valence electrons. The van der Waals surface area contributed by atoms with Gasteiger partial charge in [-0.1, -0.05) is 27.4 Å². The third-order valence-corrected chi connectivity index (χ3v) is 2.42. The zero-order valence-corrected chi connectivity index (χ0v) is 8.08. The third-order valence-electron chi connectivity index (χ3n) is 2.42. The lowest BCUT2D eigenvalue weighted by molar-refractivity contribution is 0.111. The van der Waals surface area contributed by atoms with Gasteiger partial charge in [0.1, 0.15) is 18.0 Å². The van der Waals surface area contributed by atoms with Crippen LogP contribution < -0.4 is 0 Å². The van der Waals surface area contributed by atoms with Crippen LogP contribution >= 0.6 is 0 Å². The predicted octanol–water partition coefficient (Wildman–Crippen LogP) is 1.94. The molecule has 0 aromatic carbocycles. The molecule has 3 atom stereocenters.